The lowest BCUT2D eigenvalue weighted by Gasteiger charge is -2.29. The van der Waals surface area contributed by atoms with Crippen molar-refractivity contribution >= 4 is 68.4 Å². The average Bonchev–Trinajstić information content (AvgIpc) is 3.27. The normalized spacial score (nSPS) is 15.1. The number of nitrogens with one attached hydrogen (secondary N) is 1. The number of amides is 2. The number of methoxy groups -OCH3 is 2. The van der Waals surface area contributed by atoms with Crippen LogP contribution in [0.3, 0.4) is 0 Å². The molecule has 168 valence electrons. The van der Waals surface area contributed by atoms with E-state index in [1.165, 1.54) is 25.2 Å². The zero-order valence-electron chi connectivity index (χ0n) is 17.3. The lowest BCUT2D eigenvalue weighted by Crippen LogP contribution is -2.54. The Kier molecular flexibility index (Phi) is 6.55. The van der Waals surface area contributed by atoms with Gasteiger partial charge in [-0.05, 0) is 70.6 Å². The molecule has 0 radical (unpaired) electrons. The minimum Gasteiger partial charge on any atom is -0.497 e. The Morgan fingerprint density at radius 3 is 2.58 bits per heavy atom. The van der Waals surface area contributed by atoms with E-state index in [0.717, 1.165) is 10.0 Å². The number of thiocarbonyl (C=S) groups is 1. The lowest BCUT2D eigenvalue weighted by atomic mass is 10.1. The van der Waals surface area contributed by atoms with Crippen molar-refractivity contribution in [3.05, 3.63) is 69.4 Å². The minimum atomic E-state index is -0.627. The summed E-state index contributed by atoms with van der Waals surface area (Å²) in [4.78, 5) is 27.1. The Morgan fingerprint density at radius 2 is 1.88 bits per heavy atom. The molecule has 33 heavy (non-hydrogen) atoms. The minimum absolute atomic E-state index is 0.0599. The van der Waals surface area contributed by atoms with E-state index in [1.807, 2.05) is 6.07 Å². The highest BCUT2D eigenvalue weighted by Gasteiger charge is 2.36. The van der Waals surface area contributed by atoms with E-state index in [-0.39, 0.29) is 10.7 Å². The predicted octanol–water partition coefficient (Wildman–Crippen LogP) is 5.21. The zero-order valence-corrected chi connectivity index (χ0v) is 20.5. The first-order chi connectivity index (χ1) is 15.8. The number of hydrogen-bond donors (Lipinski definition) is 1. The lowest BCUT2D eigenvalue weighted by molar-refractivity contribution is -0.122. The maximum absolute atomic E-state index is 13.3. The first kappa shape index (κ1) is 23.0. The fourth-order valence-electron chi connectivity index (χ4n) is 3.22. The van der Waals surface area contributed by atoms with Gasteiger partial charge in [-0.1, -0.05) is 17.7 Å². The van der Waals surface area contributed by atoms with Gasteiger partial charge in [0, 0.05) is 16.1 Å². The summed E-state index contributed by atoms with van der Waals surface area (Å²) in [6, 6.07) is 13.7. The standard InChI is InChI=1S/C23H16BrClN2O5S/c1-30-13-4-7-18(20(11-13)31-2)27-22(29)15(21(28)26-23(27)33)10-14-5-8-19(32-14)12-3-6-16(24)17(25)9-12/h3-11H,1-2H3,(H,26,28,33)/b15-10+. The summed E-state index contributed by atoms with van der Waals surface area (Å²) in [5, 5.41) is 3.01. The Labute approximate surface area is 208 Å². The number of benzene rings is 2. The Hall–Kier alpha value is -3.14. The molecule has 2 heterocycles. The van der Waals surface area contributed by atoms with Crippen molar-refractivity contribution in [2.75, 3.05) is 19.1 Å². The molecule has 0 aliphatic carbocycles. The third-order valence-electron chi connectivity index (χ3n) is 4.85. The van der Waals surface area contributed by atoms with E-state index >= 15 is 0 Å². The molecule has 2 amide bonds. The average molecular weight is 548 g/mol. The van der Waals surface area contributed by atoms with Crippen molar-refractivity contribution in [3.8, 4) is 22.8 Å². The van der Waals surface area contributed by atoms with Crippen molar-refractivity contribution in [1.29, 1.82) is 0 Å². The van der Waals surface area contributed by atoms with Gasteiger partial charge in [0.1, 0.15) is 28.6 Å². The number of halogens is 2. The van der Waals surface area contributed by atoms with Crippen molar-refractivity contribution in [1.82, 2.24) is 5.32 Å². The predicted molar refractivity (Wildman–Crippen MR) is 133 cm³/mol. The second-order valence-electron chi connectivity index (χ2n) is 6.83. The van der Waals surface area contributed by atoms with E-state index in [9.17, 15) is 9.59 Å². The third-order valence-corrected chi connectivity index (χ3v) is 6.36. The van der Waals surface area contributed by atoms with E-state index < -0.39 is 11.8 Å². The molecule has 1 fully saturated rings. The molecule has 1 N–H and O–H groups in total. The number of carbonyl (C=O) groups is 2. The molecule has 10 heteroatoms. The Bertz CT molecular complexity index is 1320. The summed E-state index contributed by atoms with van der Waals surface area (Å²) >= 11 is 14.8. The quantitative estimate of drug-likeness (QED) is 0.268. The summed E-state index contributed by atoms with van der Waals surface area (Å²) in [5.41, 5.74) is 0.970. The topological polar surface area (TPSA) is 81.0 Å². The molecule has 0 saturated carbocycles. The summed E-state index contributed by atoms with van der Waals surface area (Å²) in [6.07, 6.45) is 1.37. The van der Waals surface area contributed by atoms with Crippen LogP contribution >= 0.6 is 39.7 Å². The summed E-state index contributed by atoms with van der Waals surface area (Å²) in [6.45, 7) is 0. The maximum atomic E-state index is 13.3. The van der Waals surface area contributed by atoms with Crippen LogP contribution in [0.5, 0.6) is 11.5 Å². The molecule has 1 aromatic heterocycles. The number of furan rings is 1. The number of ether oxygens (including phenoxy) is 2. The largest absolute Gasteiger partial charge is 0.497 e. The third kappa shape index (κ3) is 4.52. The molecule has 0 unspecified atom stereocenters. The highest BCUT2D eigenvalue weighted by atomic mass is 79.9. The molecule has 2 aromatic carbocycles. The van der Waals surface area contributed by atoms with Crippen LogP contribution in [0.2, 0.25) is 5.02 Å². The van der Waals surface area contributed by atoms with E-state index in [1.54, 1.807) is 42.5 Å². The number of anilines is 1. The summed E-state index contributed by atoms with van der Waals surface area (Å²) in [5.74, 6) is 0.506. The van der Waals surface area contributed by atoms with E-state index in [2.05, 4.69) is 21.2 Å². The van der Waals surface area contributed by atoms with Gasteiger partial charge in [-0.3, -0.25) is 14.9 Å². The highest BCUT2D eigenvalue weighted by molar-refractivity contribution is 9.10. The first-order valence-corrected chi connectivity index (χ1v) is 11.1. The number of nitrogens with zero attached hydrogens (tertiary/aromatic N) is 1. The number of carbonyl (C=O) groups excluding carboxylic acids is 2. The van der Waals surface area contributed by atoms with Crippen molar-refractivity contribution in [2.24, 2.45) is 0 Å². The van der Waals surface area contributed by atoms with E-state index in [4.69, 9.17) is 37.7 Å². The van der Waals surface area contributed by atoms with Crippen molar-refractivity contribution < 1.29 is 23.5 Å². The van der Waals surface area contributed by atoms with Gasteiger partial charge in [-0.25, -0.2) is 4.90 Å². The van der Waals surface area contributed by atoms with Gasteiger partial charge in [-0.15, -0.1) is 0 Å². The SMILES string of the molecule is COc1ccc(N2C(=O)/C(=C/c3ccc(-c4ccc(Br)c(Cl)c4)o3)C(=O)NC2=S)c(OC)c1. The van der Waals surface area contributed by atoms with Gasteiger partial charge in [-0.2, -0.15) is 0 Å². The molecular formula is C23H16BrClN2O5S. The molecule has 1 aliphatic heterocycles. The van der Waals surface area contributed by atoms with Crippen molar-refractivity contribution in [3.63, 3.8) is 0 Å². The van der Waals surface area contributed by atoms with Gasteiger partial charge < -0.3 is 13.9 Å². The van der Waals surface area contributed by atoms with Gasteiger partial charge in [0.15, 0.2) is 5.11 Å². The summed E-state index contributed by atoms with van der Waals surface area (Å²) in [7, 11) is 2.98. The molecule has 3 aromatic rings. The zero-order chi connectivity index (χ0) is 23.7. The molecule has 0 spiro atoms. The molecular weight excluding hydrogens is 532 g/mol. The van der Waals surface area contributed by atoms with Crippen LogP contribution in [0.4, 0.5) is 5.69 Å². The van der Waals surface area contributed by atoms with Gasteiger partial charge >= 0.3 is 0 Å². The molecule has 4 rings (SSSR count). The maximum Gasteiger partial charge on any atom is 0.270 e. The number of rotatable bonds is 5. The molecule has 7 nitrogen and oxygen atoms in total. The first-order valence-electron chi connectivity index (χ1n) is 9.51. The van der Waals surface area contributed by atoms with E-state index in [0.29, 0.717) is 33.7 Å². The van der Waals surface area contributed by atoms with Crippen LogP contribution in [0.1, 0.15) is 5.76 Å². The van der Waals surface area contributed by atoms with Crippen LogP contribution in [0.25, 0.3) is 17.4 Å². The van der Waals surface area contributed by atoms with Crippen LogP contribution in [-0.2, 0) is 9.59 Å². The fourth-order valence-corrected chi connectivity index (χ4v) is 3.92. The molecule has 0 bridgehead atoms. The van der Waals surface area contributed by atoms with Crippen LogP contribution in [-0.4, -0.2) is 31.1 Å². The second kappa shape index (κ2) is 9.38. The van der Waals surface area contributed by atoms with Gasteiger partial charge in [0.25, 0.3) is 11.8 Å². The van der Waals surface area contributed by atoms with Crippen molar-refractivity contribution in [2.45, 2.75) is 0 Å². The molecule has 0 atom stereocenters. The van der Waals surface area contributed by atoms with Gasteiger partial charge in [0.05, 0.1) is 24.9 Å². The fraction of sp³-hybridized carbons (Fsp3) is 0.0870. The Balaban J connectivity index is 1.69. The smallest absolute Gasteiger partial charge is 0.270 e. The highest BCUT2D eigenvalue weighted by Crippen LogP contribution is 2.35. The number of hydrogen-bond acceptors (Lipinski definition) is 6. The second-order valence-corrected chi connectivity index (χ2v) is 8.47. The van der Waals surface area contributed by atoms with Crippen LogP contribution in [0, 0.1) is 0 Å². The Morgan fingerprint density at radius 1 is 1.09 bits per heavy atom. The monoisotopic (exact) mass is 546 g/mol. The van der Waals surface area contributed by atoms with Gasteiger partial charge in [0.2, 0.25) is 0 Å². The molecule has 1 saturated heterocycles. The molecule has 1 aliphatic rings. The van der Waals surface area contributed by atoms with Crippen LogP contribution in [0.15, 0.2) is 63.0 Å². The van der Waals surface area contributed by atoms with Crippen LogP contribution < -0.4 is 19.7 Å². The summed E-state index contributed by atoms with van der Waals surface area (Å²) < 4.78 is 17.2.